The summed E-state index contributed by atoms with van der Waals surface area (Å²) in [5, 5.41) is 22.7. The summed E-state index contributed by atoms with van der Waals surface area (Å²) in [5.74, 6) is 0. The van der Waals surface area contributed by atoms with Crippen molar-refractivity contribution in [2.24, 2.45) is 0 Å². The molecule has 0 heterocycles. The third-order valence-corrected chi connectivity index (χ3v) is 2.37. The summed E-state index contributed by atoms with van der Waals surface area (Å²) in [5.41, 5.74) is 6.11. The quantitative estimate of drug-likeness (QED) is 0.413. The van der Waals surface area contributed by atoms with Crippen LogP contribution in [0.25, 0.3) is 0 Å². The number of aliphatic hydroxyl groups is 1. The summed E-state index contributed by atoms with van der Waals surface area (Å²) >= 11 is 0. The van der Waals surface area contributed by atoms with Gasteiger partial charge in [0, 0.05) is 35.7 Å². The van der Waals surface area contributed by atoms with E-state index in [0.29, 0.717) is 17.8 Å². The number of aliphatic hydroxyl groups excluding tert-OH is 1. The van der Waals surface area contributed by atoms with Gasteiger partial charge in [-0.05, 0) is 26.3 Å². The number of hydrogen-bond acceptors (Lipinski definition) is 5. The fourth-order valence-corrected chi connectivity index (χ4v) is 1.54. The normalized spacial score (nSPS) is 11.2. The van der Waals surface area contributed by atoms with Gasteiger partial charge >= 0.3 is 0 Å². The van der Waals surface area contributed by atoms with E-state index < -0.39 is 4.92 Å². The molecule has 0 saturated carbocycles. The van der Waals surface area contributed by atoms with E-state index in [0.717, 1.165) is 0 Å². The van der Waals surface area contributed by atoms with Crippen molar-refractivity contribution < 1.29 is 10.0 Å². The molecule has 0 fully saturated rings. The number of nitrogens with one attached hydrogen (secondary N) is 1. The van der Waals surface area contributed by atoms with Gasteiger partial charge in [0.1, 0.15) is 0 Å². The monoisotopic (exact) mass is 239 g/mol. The summed E-state index contributed by atoms with van der Waals surface area (Å²) in [6.45, 7) is 3.85. The van der Waals surface area contributed by atoms with Crippen molar-refractivity contribution in [1.82, 2.24) is 0 Å². The molecule has 0 aliphatic carbocycles. The first-order chi connectivity index (χ1) is 7.84. The number of non-ortho nitro benzene ring substituents is 1. The van der Waals surface area contributed by atoms with Crippen LogP contribution in [0.15, 0.2) is 18.2 Å². The maximum absolute atomic E-state index is 10.7. The molecular weight excluding hydrogens is 222 g/mol. The number of anilines is 2. The van der Waals surface area contributed by atoms with Crippen molar-refractivity contribution in [1.29, 1.82) is 0 Å². The molecule has 4 N–H and O–H groups in total. The van der Waals surface area contributed by atoms with Crippen LogP contribution < -0.4 is 11.1 Å². The number of nitrogens with two attached hydrogens (primary N) is 1. The number of nitro groups is 1. The molecule has 0 atom stereocenters. The lowest BCUT2D eigenvalue weighted by molar-refractivity contribution is -0.384. The van der Waals surface area contributed by atoms with Gasteiger partial charge in [0.2, 0.25) is 0 Å². The smallest absolute Gasteiger partial charge is 0.273 e. The first-order valence-electron chi connectivity index (χ1n) is 5.28. The summed E-state index contributed by atoms with van der Waals surface area (Å²) in [6.07, 6.45) is 0.537. The van der Waals surface area contributed by atoms with E-state index in [1.54, 1.807) is 6.07 Å². The maximum Gasteiger partial charge on any atom is 0.273 e. The molecule has 0 spiro atoms. The van der Waals surface area contributed by atoms with Gasteiger partial charge in [-0.15, -0.1) is 0 Å². The van der Waals surface area contributed by atoms with E-state index in [1.165, 1.54) is 12.1 Å². The number of nitrogens with zero attached hydrogens (tertiary/aromatic N) is 1. The molecule has 94 valence electrons. The van der Waals surface area contributed by atoms with Gasteiger partial charge in [0.15, 0.2) is 0 Å². The van der Waals surface area contributed by atoms with Crippen molar-refractivity contribution in [3.8, 4) is 0 Å². The zero-order valence-corrected chi connectivity index (χ0v) is 9.93. The van der Waals surface area contributed by atoms with Crippen LogP contribution in [0.5, 0.6) is 0 Å². The highest BCUT2D eigenvalue weighted by Gasteiger charge is 2.18. The van der Waals surface area contributed by atoms with Crippen LogP contribution in [0.4, 0.5) is 17.1 Å². The Bertz CT molecular complexity index is 418. The van der Waals surface area contributed by atoms with Gasteiger partial charge in [0.25, 0.3) is 5.69 Å². The van der Waals surface area contributed by atoms with Crippen molar-refractivity contribution in [2.45, 2.75) is 25.8 Å². The predicted octanol–water partition coefficient (Wildman–Crippen LogP) is 1.75. The van der Waals surface area contributed by atoms with Crippen LogP contribution >= 0.6 is 0 Å². The Balaban J connectivity index is 2.95. The van der Waals surface area contributed by atoms with E-state index in [-0.39, 0.29) is 17.8 Å². The van der Waals surface area contributed by atoms with Crippen LogP contribution in [0.2, 0.25) is 0 Å². The molecule has 0 unspecified atom stereocenters. The molecule has 6 nitrogen and oxygen atoms in total. The number of nitro benzene ring substituents is 1. The third-order valence-electron chi connectivity index (χ3n) is 2.37. The van der Waals surface area contributed by atoms with Gasteiger partial charge in [-0.1, -0.05) is 0 Å². The van der Waals surface area contributed by atoms with E-state index in [4.69, 9.17) is 10.8 Å². The van der Waals surface area contributed by atoms with Crippen molar-refractivity contribution >= 4 is 17.1 Å². The molecule has 0 aliphatic heterocycles. The molecule has 1 rings (SSSR count). The van der Waals surface area contributed by atoms with Gasteiger partial charge in [-0.3, -0.25) is 10.1 Å². The Hall–Kier alpha value is -1.82. The molecule has 0 aliphatic rings. The standard InChI is InChI=1S/C11H17N3O3/c1-11(2,3-4-15)13-9-5-8(12)6-10(7-9)14(16)17/h5-7,13,15H,3-4,12H2,1-2H3. The van der Waals surface area contributed by atoms with Gasteiger partial charge < -0.3 is 16.2 Å². The number of benzene rings is 1. The Kier molecular flexibility index (Phi) is 3.90. The lowest BCUT2D eigenvalue weighted by Gasteiger charge is -2.26. The third kappa shape index (κ3) is 3.92. The molecule has 0 saturated heterocycles. The number of hydrogen-bond donors (Lipinski definition) is 3. The van der Waals surface area contributed by atoms with Gasteiger partial charge in [-0.2, -0.15) is 0 Å². The molecular formula is C11H17N3O3. The Morgan fingerprint density at radius 1 is 1.47 bits per heavy atom. The van der Waals surface area contributed by atoms with Crippen LogP contribution in [-0.2, 0) is 0 Å². The summed E-state index contributed by atoms with van der Waals surface area (Å²) in [4.78, 5) is 10.2. The zero-order valence-electron chi connectivity index (χ0n) is 9.93. The lowest BCUT2D eigenvalue weighted by atomic mass is 10.0. The average Bonchev–Trinajstić information content (AvgIpc) is 2.15. The number of nitrogen functional groups attached to an aromatic ring is 1. The van der Waals surface area contributed by atoms with Crippen molar-refractivity contribution in [3.63, 3.8) is 0 Å². The fraction of sp³-hybridized carbons (Fsp3) is 0.455. The highest BCUT2D eigenvalue weighted by molar-refractivity contribution is 5.62. The second-order valence-electron chi connectivity index (χ2n) is 4.55. The van der Waals surface area contributed by atoms with Gasteiger partial charge in [0.05, 0.1) is 4.92 Å². The SMILES string of the molecule is CC(C)(CCO)Nc1cc(N)cc([N+](=O)[O-])c1. The molecule has 1 aromatic carbocycles. The van der Waals surface area contributed by atoms with Crippen LogP contribution in [0.1, 0.15) is 20.3 Å². The van der Waals surface area contributed by atoms with Crippen molar-refractivity contribution in [2.75, 3.05) is 17.7 Å². The molecule has 0 bridgehead atoms. The molecule has 17 heavy (non-hydrogen) atoms. The first-order valence-corrected chi connectivity index (χ1v) is 5.28. The number of rotatable bonds is 5. The highest BCUT2D eigenvalue weighted by Crippen LogP contribution is 2.25. The zero-order chi connectivity index (χ0) is 13.1. The minimum absolute atomic E-state index is 0.0460. The first kappa shape index (κ1) is 13.2. The van der Waals surface area contributed by atoms with Gasteiger partial charge in [-0.25, -0.2) is 0 Å². The average molecular weight is 239 g/mol. The minimum Gasteiger partial charge on any atom is -0.398 e. The van der Waals surface area contributed by atoms with E-state index >= 15 is 0 Å². The molecule has 1 aromatic rings. The summed E-state index contributed by atoms with van der Waals surface area (Å²) in [7, 11) is 0. The topological polar surface area (TPSA) is 101 Å². The minimum atomic E-state index is -0.486. The maximum atomic E-state index is 10.7. The Morgan fingerprint density at radius 2 is 2.12 bits per heavy atom. The summed E-state index contributed by atoms with van der Waals surface area (Å²) < 4.78 is 0. The Morgan fingerprint density at radius 3 is 2.65 bits per heavy atom. The van der Waals surface area contributed by atoms with E-state index in [2.05, 4.69) is 5.32 Å². The second-order valence-corrected chi connectivity index (χ2v) is 4.55. The highest BCUT2D eigenvalue weighted by atomic mass is 16.6. The molecule has 0 radical (unpaired) electrons. The Labute approximate surface area is 99.6 Å². The second kappa shape index (κ2) is 5.01. The van der Waals surface area contributed by atoms with Crippen LogP contribution in [0, 0.1) is 10.1 Å². The molecule has 0 amide bonds. The van der Waals surface area contributed by atoms with E-state index in [1.807, 2.05) is 13.8 Å². The van der Waals surface area contributed by atoms with E-state index in [9.17, 15) is 10.1 Å². The summed E-state index contributed by atoms with van der Waals surface area (Å²) in [6, 6.07) is 4.37. The lowest BCUT2D eigenvalue weighted by Crippen LogP contribution is -2.31. The molecule has 6 heteroatoms. The van der Waals surface area contributed by atoms with Crippen LogP contribution in [-0.4, -0.2) is 22.2 Å². The largest absolute Gasteiger partial charge is 0.398 e. The van der Waals surface area contributed by atoms with Crippen LogP contribution in [0.3, 0.4) is 0 Å². The molecule has 0 aromatic heterocycles. The van der Waals surface area contributed by atoms with Crippen molar-refractivity contribution in [3.05, 3.63) is 28.3 Å². The predicted molar refractivity (Wildman–Crippen MR) is 66.9 cm³/mol. The fourth-order valence-electron chi connectivity index (χ4n) is 1.54.